The smallest absolute Gasteiger partial charge is 0.0672 e. The van der Waals surface area contributed by atoms with E-state index in [0.717, 1.165) is 18.0 Å². The Morgan fingerprint density at radius 3 is 2.71 bits per heavy atom. The van der Waals surface area contributed by atoms with E-state index in [9.17, 15) is 0 Å². The molecule has 0 aliphatic carbocycles. The Balaban J connectivity index is 2.02. The van der Waals surface area contributed by atoms with Crippen LogP contribution in [0.3, 0.4) is 0 Å². The lowest BCUT2D eigenvalue weighted by atomic mass is 10.0. The van der Waals surface area contributed by atoms with Gasteiger partial charge in [-0.2, -0.15) is 0 Å². The molecule has 3 heteroatoms. The highest BCUT2D eigenvalue weighted by Gasteiger charge is 2.16. The molecule has 0 spiro atoms. The molecule has 0 amide bonds. The summed E-state index contributed by atoms with van der Waals surface area (Å²) in [6.45, 7) is 3.18. The maximum Gasteiger partial charge on any atom is 0.0672 e. The van der Waals surface area contributed by atoms with Gasteiger partial charge in [0.25, 0.3) is 0 Å². The highest BCUT2D eigenvalue weighted by atomic mass is 35.5. The molecule has 0 bridgehead atoms. The van der Waals surface area contributed by atoms with Gasteiger partial charge in [-0.05, 0) is 48.2 Å². The molecule has 2 aromatic carbocycles. The maximum atomic E-state index is 6.16. The summed E-state index contributed by atoms with van der Waals surface area (Å²) in [7, 11) is 0. The van der Waals surface area contributed by atoms with Crippen molar-refractivity contribution in [3.63, 3.8) is 0 Å². The molecule has 0 radical (unpaired) electrons. The predicted molar refractivity (Wildman–Crippen MR) is 93.4 cm³/mol. The molecule has 0 saturated heterocycles. The van der Waals surface area contributed by atoms with Crippen molar-refractivity contribution in [1.82, 2.24) is 5.32 Å². The summed E-state index contributed by atoms with van der Waals surface area (Å²) in [6.07, 6.45) is 1.11. The zero-order chi connectivity index (χ0) is 14.7. The first kappa shape index (κ1) is 14.6. The summed E-state index contributed by atoms with van der Waals surface area (Å²) in [6, 6.07) is 19.2. The Morgan fingerprint density at radius 1 is 1.10 bits per heavy atom. The van der Waals surface area contributed by atoms with Gasteiger partial charge in [0.15, 0.2) is 0 Å². The minimum absolute atomic E-state index is 0.209. The van der Waals surface area contributed by atoms with E-state index in [1.807, 2.05) is 23.5 Å². The molecule has 0 saturated carbocycles. The molecule has 21 heavy (non-hydrogen) atoms. The van der Waals surface area contributed by atoms with E-state index in [2.05, 4.69) is 54.7 Å². The van der Waals surface area contributed by atoms with E-state index in [4.69, 9.17) is 11.6 Å². The molecule has 108 valence electrons. The van der Waals surface area contributed by atoms with Crippen molar-refractivity contribution in [3.05, 3.63) is 70.1 Å². The second-order valence-corrected chi connectivity index (χ2v) is 6.68. The first-order valence-electron chi connectivity index (χ1n) is 7.25. The molecule has 1 unspecified atom stereocenters. The number of hydrogen-bond donors (Lipinski definition) is 1. The molecule has 3 rings (SSSR count). The first-order chi connectivity index (χ1) is 10.3. The van der Waals surface area contributed by atoms with Crippen LogP contribution in [0.1, 0.15) is 29.8 Å². The summed E-state index contributed by atoms with van der Waals surface area (Å²) in [5, 5.41) is 5.74. The summed E-state index contributed by atoms with van der Waals surface area (Å²) >= 11 is 8.02. The van der Waals surface area contributed by atoms with Gasteiger partial charge < -0.3 is 5.32 Å². The van der Waals surface area contributed by atoms with E-state index in [-0.39, 0.29) is 6.04 Å². The van der Waals surface area contributed by atoms with E-state index >= 15 is 0 Å². The molecule has 1 aromatic heterocycles. The molecule has 0 aliphatic heterocycles. The van der Waals surface area contributed by atoms with Crippen LogP contribution in [0.5, 0.6) is 0 Å². The van der Waals surface area contributed by atoms with E-state index in [1.165, 1.54) is 20.5 Å². The van der Waals surface area contributed by atoms with Crippen LogP contribution in [-0.2, 0) is 0 Å². The molecule has 3 aromatic rings. The van der Waals surface area contributed by atoms with Gasteiger partial charge in [0.1, 0.15) is 0 Å². The van der Waals surface area contributed by atoms with E-state index < -0.39 is 0 Å². The molecule has 1 nitrogen and oxygen atoms in total. The number of hydrogen-bond acceptors (Lipinski definition) is 2. The fourth-order valence-electron chi connectivity index (χ4n) is 2.50. The van der Waals surface area contributed by atoms with Crippen LogP contribution in [-0.4, -0.2) is 6.54 Å². The van der Waals surface area contributed by atoms with Crippen LogP contribution in [0.4, 0.5) is 0 Å². The van der Waals surface area contributed by atoms with Gasteiger partial charge in [0.05, 0.1) is 6.04 Å². The number of rotatable bonds is 5. The SMILES string of the molecule is CCCNC(c1cccc(Cl)c1)c1cc2ccccc2s1. The van der Waals surface area contributed by atoms with Crippen LogP contribution >= 0.6 is 22.9 Å². The third-order valence-corrected chi connectivity index (χ3v) is 4.93. The van der Waals surface area contributed by atoms with Crippen LogP contribution in [0, 0.1) is 0 Å². The van der Waals surface area contributed by atoms with Crippen LogP contribution in [0.2, 0.25) is 5.02 Å². The summed E-state index contributed by atoms with van der Waals surface area (Å²) in [4.78, 5) is 1.34. The largest absolute Gasteiger partial charge is 0.306 e. The van der Waals surface area contributed by atoms with Crippen molar-refractivity contribution in [3.8, 4) is 0 Å². The lowest BCUT2D eigenvalue weighted by Crippen LogP contribution is -2.22. The Morgan fingerprint density at radius 2 is 1.95 bits per heavy atom. The van der Waals surface area contributed by atoms with Crippen LogP contribution in [0.15, 0.2) is 54.6 Å². The number of benzene rings is 2. The zero-order valence-electron chi connectivity index (χ0n) is 12.0. The standard InChI is InChI=1S/C18H18ClNS/c1-2-10-20-18(14-7-5-8-15(19)11-14)17-12-13-6-3-4-9-16(13)21-17/h3-9,11-12,18,20H,2,10H2,1H3. The maximum absolute atomic E-state index is 6.16. The van der Waals surface area contributed by atoms with Crippen molar-refractivity contribution in [2.24, 2.45) is 0 Å². The normalized spacial score (nSPS) is 12.7. The summed E-state index contributed by atoms with van der Waals surface area (Å²) in [5.41, 5.74) is 1.22. The van der Waals surface area contributed by atoms with Gasteiger partial charge in [-0.25, -0.2) is 0 Å². The third kappa shape index (κ3) is 3.29. The van der Waals surface area contributed by atoms with Crippen molar-refractivity contribution in [2.75, 3.05) is 6.54 Å². The molecular weight excluding hydrogens is 298 g/mol. The van der Waals surface area contributed by atoms with Gasteiger partial charge in [0, 0.05) is 14.6 Å². The zero-order valence-corrected chi connectivity index (χ0v) is 13.5. The predicted octanol–water partition coefficient (Wildman–Crippen LogP) is 5.64. The molecular formula is C18H18ClNS. The van der Waals surface area contributed by atoms with Crippen LogP contribution in [0.25, 0.3) is 10.1 Å². The second kappa shape index (κ2) is 6.61. The Labute approximate surface area is 134 Å². The lowest BCUT2D eigenvalue weighted by molar-refractivity contribution is 0.606. The molecule has 1 atom stereocenters. The van der Waals surface area contributed by atoms with Crippen molar-refractivity contribution in [1.29, 1.82) is 0 Å². The average Bonchev–Trinajstić information content (AvgIpc) is 2.91. The topological polar surface area (TPSA) is 12.0 Å². The molecule has 0 aliphatic rings. The number of fused-ring (bicyclic) bond motifs is 1. The lowest BCUT2D eigenvalue weighted by Gasteiger charge is -2.18. The molecule has 1 heterocycles. The van der Waals surface area contributed by atoms with Crippen molar-refractivity contribution in [2.45, 2.75) is 19.4 Å². The Bertz CT molecular complexity index is 702. The first-order valence-corrected chi connectivity index (χ1v) is 8.44. The van der Waals surface area contributed by atoms with Gasteiger partial charge in [0.2, 0.25) is 0 Å². The summed E-state index contributed by atoms with van der Waals surface area (Å²) in [5.74, 6) is 0. The highest BCUT2D eigenvalue weighted by molar-refractivity contribution is 7.19. The third-order valence-electron chi connectivity index (χ3n) is 3.51. The number of nitrogens with one attached hydrogen (secondary N) is 1. The van der Waals surface area contributed by atoms with Gasteiger partial charge in [-0.3, -0.25) is 0 Å². The second-order valence-electron chi connectivity index (χ2n) is 5.13. The van der Waals surface area contributed by atoms with Crippen LogP contribution < -0.4 is 5.32 Å². The molecule has 1 N–H and O–H groups in total. The fraction of sp³-hybridized carbons (Fsp3) is 0.222. The van der Waals surface area contributed by atoms with E-state index in [1.54, 1.807) is 0 Å². The highest BCUT2D eigenvalue weighted by Crippen LogP contribution is 2.33. The van der Waals surface area contributed by atoms with Gasteiger partial charge in [-0.15, -0.1) is 11.3 Å². The quantitative estimate of drug-likeness (QED) is 0.642. The Hall–Kier alpha value is -1.35. The van der Waals surface area contributed by atoms with Gasteiger partial charge in [-0.1, -0.05) is 48.9 Å². The monoisotopic (exact) mass is 315 g/mol. The number of halogens is 1. The fourth-order valence-corrected chi connectivity index (χ4v) is 3.87. The van der Waals surface area contributed by atoms with Crippen molar-refractivity contribution >= 4 is 33.0 Å². The minimum atomic E-state index is 0.209. The van der Waals surface area contributed by atoms with Crippen molar-refractivity contribution < 1.29 is 0 Å². The summed E-state index contributed by atoms with van der Waals surface area (Å²) < 4.78 is 1.33. The average molecular weight is 316 g/mol. The molecule has 0 fully saturated rings. The van der Waals surface area contributed by atoms with Gasteiger partial charge >= 0.3 is 0 Å². The number of thiophene rings is 1. The van der Waals surface area contributed by atoms with E-state index in [0.29, 0.717) is 0 Å². The Kier molecular flexibility index (Phi) is 4.59. The minimum Gasteiger partial charge on any atom is -0.306 e.